The van der Waals surface area contributed by atoms with E-state index in [9.17, 15) is 39.6 Å². The largest absolute Gasteiger partial charge is 0.478 e. The minimum atomic E-state index is -1.34. The summed E-state index contributed by atoms with van der Waals surface area (Å²) in [6, 6.07) is 16.6. The molecule has 9 heteroatoms. The fourth-order valence-electron chi connectivity index (χ4n) is 5.66. The molecule has 0 saturated heterocycles. The monoisotopic (exact) mass is 519 g/mol. The summed E-state index contributed by atoms with van der Waals surface area (Å²) in [5.41, 5.74) is 6.63. The Morgan fingerprint density at radius 3 is 1.44 bits per heavy atom. The maximum Gasteiger partial charge on any atom is 0.336 e. The second kappa shape index (κ2) is 8.15. The van der Waals surface area contributed by atoms with E-state index in [0.29, 0.717) is 49.1 Å². The van der Waals surface area contributed by atoms with Gasteiger partial charge in [0.1, 0.15) is 0 Å². The molecule has 0 aromatic heterocycles. The van der Waals surface area contributed by atoms with E-state index in [0.717, 1.165) is 0 Å². The Kier molecular flexibility index (Phi) is 4.95. The summed E-state index contributed by atoms with van der Waals surface area (Å²) in [6.45, 7) is 0. The zero-order chi connectivity index (χ0) is 27.7. The van der Waals surface area contributed by atoms with Gasteiger partial charge < -0.3 is 26.2 Å². The van der Waals surface area contributed by atoms with Crippen molar-refractivity contribution in [2.75, 3.05) is 5.73 Å². The highest BCUT2D eigenvalue weighted by Gasteiger charge is 2.27. The lowest BCUT2D eigenvalue weighted by Gasteiger charge is -2.21. The molecule has 0 saturated carbocycles. The van der Waals surface area contributed by atoms with Crippen molar-refractivity contribution in [3.63, 3.8) is 0 Å². The third-order valence-electron chi connectivity index (χ3n) is 7.18. The van der Waals surface area contributed by atoms with Gasteiger partial charge in [-0.1, -0.05) is 36.4 Å². The standard InChI is InChI=1S/C30H17NO8/c31-21-4-2-1-3-12(21)19-11-20(30(38)39)25-18(29(36)37)9-6-14-13-5-8-16(27(32)33)24-17(28(34)35)10-7-15(22(13)24)23(19)26(14)25/h1-11H,31H2,(H,32,33)(H,34,35)(H,36,37)(H,38,39). The Morgan fingerprint density at radius 2 is 0.923 bits per heavy atom. The Balaban J connectivity index is 2.04. The van der Waals surface area contributed by atoms with Gasteiger partial charge in [0.05, 0.1) is 22.3 Å². The Bertz CT molecular complexity index is 2070. The molecule has 0 heterocycles. The smallest absolute Gasteiger partial charge is 0.336 e. The van der Waals surface area contributed by atoms with E-state index in [2.05, 4.69) is 0 Å². The minimum absolute atomic E-state index is 0.00387. The summed E-state index contributed by atoms with van der Waals surface area (Å²) >= 11 is 0. The van der Waals surface area contributed by atoms with Gasteiger partial charge in [0, 0.05) is 22.0 Å². The lowest BCUT2D eigenvalue weighted by Crippen LogP contribution is -2.08. The zero-order valence-corrected chi connectivity index (χ0v) is 19.9. The van der Waals surface area contributed by atoms with Crippen molar-refractivity contribution in [2.45, 2.75) is 0 Å². The number of fused-ring (bicyclic) bond motifs is 2. The number of benzene rings is 6. The van der Waals surface area contributed by atoms with Crippen LogP contribution in [0.1, 0.15) is 41.4 Å². The van der Waals surface area contributed by atoms with Crippen LogP contribution in [0.2, 0.25) is 0 Å². The van der Waals surface area contributed by atoms with Gasteiger partial charge >= 0.3 is 23.9 Å². The summed E-state index contributed by atoms with van der Waals surface area (Å²) in [5, 5.41) is 42.5. The van der Waals surface area contributed by atoms with E-state index in [-0.39, 0.29) is 33.0 Å². The van der Waals surface area contributed by atoms with Gasteiger partial charge in [0.15, 0.2) is 0 Å². The van der Waals surface area contributed by atoms with Crippen molar-refractivity contribution in [2.24, 2.45) is 0 Å². The molecule has 0 aliphatic carbocycles. The molecule has 6 N–H and O–H groups in total. The molecule has 0 fully saturated rings. The van der Waals surface area contributed by atoms with Crippen LogP contribution in [0.5, 0.6) is 0 Å². The predicted octanol–water partition coefficient (Wildman–Crippen LogP) is 5.78. The van der Waals surface area contributed by atoms with E-state index in [1.165, 1.54) is 42.5 Å². The second-order valence-corrected chi connectivity index (χ2v) is 9.14. The molecule has 39 heavy (non-hydrogen) atoms. The van der Waals surface area contributed by atoms with Crippen molar-refractivity contribution in [3.05, 3.63) is 89.0 Å². The number of nitrogens with two attached hydrogens (primary N) is 1. The number of anilines is 1. The first-order valence-electron chi connectivity index (χ1n) is 11.6. The molecular weight excluding hydrogens is 502 g/mol. The van der Waals surface area contributed by atoms with Gasteiger partial charge in [0.25, 0.3) is 0 Å². The van der Waals surface area contributed by atoms with Gasteiger partial charge in [0.2, 0.25) is 0 Å². The highest BCUT2D eigenvalue weighted by atomic mass is 16.4. The molecular formula is C30H17NO8. The first-order valence-corrected chi connectivity index (χ1v) is 11.6. The number of carboxylic acid groups (broad SMARTS) is 4. The van der Waals surface area contributed by atoms with Crippen LogP contribution in [0.15, 0.2) is 66.7 Å². The van der Waals surface area contributed by atoms with Gasteiger partial charge in [-0.2, -0.15) is 0 Å². The molecule has 6 rings (SSSR count). The van der Waals surface area contributed by atoms with E-state index in [1.54, 1.807) is 24.3 Å². The molecule has 6 aromatic carbocycles. The van der Waals surface area contributed by atoms with Crippen LogP contribution in [0.3, 0.4) is 0 Å². The number of carbonyl (C=O) groups is 4. The summed E-state index contributed by atoms with van der Waals surface area (Å²) in [7, 11) is 0. The highest BCUT2D eigenvalue weighted by molar-refractivity contribution is 6.40. The van der Waals surface area contributed by atoms with E-state index in [1.807, 2.05) is 0 Å². The summed E-state index contributed by atoms with van der Waals surface area (Å²) in [6.07, 6.45) is 0. The molecule has 0 atom stereocenters. The Labute approximate surface area is 218 Å². The first kappa shape index (κ1) is 23.7. The SMILES string of the molecule is Nc1ccccc1-c1cc(C(=O)O)c2c(C(=O)O)ccc3c4ccc(C(=O)O)c5c(C(=O)O)ccc(c1c23)c54. The van der Waals surface area contributed by atoms with Crippen molar-refractivity contribution in [3.8, 4) is 11.1 Å². The van der Waals surface area contributed by atoms with Gasteiger partial charge in [-0.25, -0.2) is 19.2 Å². The van der Waals surface area contributed by atoms with Crippen LogP contribution in [0.4, 0.5) is 5.69 Å². The number of carboxylic acids is 4. The maximum absolute atomic E-state index is 12.5. The van der Waals surface area contributed by atoms with Crippen molar-refractivity contribution in [1.29, 1.82) is 0 Å². The summed E-state index contributed by atoms with van der Waals surface area (Å²) in [4.78, 5) is 49.1. The maximum atomic E-state index is 12.5. The summed E-state index contributed by atoms with van der Waals surface area (Å²) < 4.78 is 0. The fourth-order valence-corrected chi connectivity index (χ4v) is 5.66. The molecule has 0 amide bonds. The van der Waals surface area contributed by atoms with Gasteiger partial charge in [-0.05, 0) is 68.2 Å². The molecule has 0 unspecified atom stereocenters. The number of aromatic carboxylic acids is 4. The van der Waals surface area contributed by atoms with Crippen molar-refractivity contribution in [1.82, 2.24) is 0 Å². The molecule has 9 nitrogen and oxygen atoms in total. The number of hydrogen-bond acceptors (Lipinski definition) is 5. The summed E-state index contributed by atoms with van der Waals surface area (Å²) in [5.74, 6) is -5.28. The first-order chi connectivity index (χ1) is 18.6. The molecule has 0 aliphatic rings. The lowest BCUT2D eigenvalue weighted by molar-refractivity contribution is 0.0681. The van der Waals surface area contributed by atoms with E-state index in [4.69, 9.17) is 5.73 Å². The molecule has 6 aromatic rings. The molecule has 190 valence electrons. The topological polar surface area (TPSA) is 175 Å². The van der Waals surface area contributed by atoms with Crippen LogP contribution in [0, 0.1) is 0 Å². The number of para-hydroxylation sites is 1. The number of hydrogen-bond donors (Lipinski definition) is 5. The van der Waals surface area contributed by atoms with Crippen LogP contribution in [-0.4, -0.2) is 44.3 Å². The van der Waals surface area contributed by atoms with E-state index < -0.39 is 23.9 Å². The average molecular weight is 519 g/mol. The van der Waals surface area contributed by atoms with Crippen LogP contribution >= 0.6 is 0 Å². The van der Waals surface area contributed by atoms with Crippen LogP contribution in [0.25, 0.3) is 54.2 Å². The molecule has 0 spiro atoms. The molecule has 0 radical (unpaired) electrons. The normalized spacial score (nSPS) is 11.5. The third kappa shape index (κ3) is 3.20. The Hall–Kier alpha value is -5.70. The molecule has 0 bridgehead atoms. The second-order valence-electron chi connectivity index (χ2n) is 9.14. The number of rotatable bonds is 5. The van der Waals surface area contributed by atoms with E-state index >= 15 is 0 Å². The predicted molar refractivity (Wildman–Crippen MR) is 145 cm³/mol. The average Bonchev–Trinajstić information content (AvgIpc) is 2.90. The van der Waals surface area contributed by atoms with Crippen molar-refractivity contribution >= 4 is 72.7 Å². The third-order valence-corrected chi connectivity index (χ3v) is 7.18. The quantitative estimate of drug-likeness (QED) is 0.107. The minimum Gasteiger partial charge on any atom is -0.478 e. The lowest BCUT2D eigenvalue weighted by atomic mass is 9.81. The number of nitrogen functional groups attached to an aromatic ring is 1. The Morgan fingerprint density at radius 1 is 0.462 bits per heavy atom. The van der Waals surface area contributed by atoms with Crippen molar-refractivity contribution < 1.29 is 39.6 Å². The zero-order valence-electron chi connectivity index (χ0n) is 19.9. The fraction of sp³-hybridized carbons (Fsp3) is 0. The van der Waals surface area contributed by atoms with Crippen LogP contribution < -0.4 is 5.73 Å². The highest BCUT2D eigenvalue weighted by Crippen LogP contribution is 2.48. The van der Waals surface area contributed by atoms with Gasteiger partial charge in [-0.3, -0.25) is 0 Å². The molecule has 0 aliphatic heterocycles. The van der Waals surface area contributed by atoms with Gasteiger partial charge in [-0.15, -0.1) is 0 Å². The van der Waals surface area contributed by atoms with Crippen LogP contribution in [-0.2, 0) is 0 Å².